The van der Waals surface area contributed by atoms with Gasteiger partial charge in [0.1, 0.15) is 34.0 Å². The predicted molar refractivity (Wildman–Crippen MR) is 133 cm³/mol. The minimum absolute atomic E-state index is 0.00322. The molecule has 0 radical (unpaired) electrons. The number of carbonyl (C=O) groups is 2. The first-order valence-corrected chi connectivity index (χ1v) is 11.6. The first-order chi connectivity index (χ1) is 17.1. The number of aromatic hydroxyl groups is 2. The molecular formula is C27H20ClN3O5. The Kier molecular flexibility index (Phi) is 4.45. The maximum atomic E-state index is 14.1. The van der Waals surface area contributed by atoms with Crippen LogP contribution in [0.2, 0.25) is 5.02 Å². The number of pyridine rings is 1. The molecule has 2 aliphatic rings. The van der Waals surface area contributed by atoms with Gasteiger partial charge in [0, 0.05) is 28.2 Å². The number of hydrogen-bond acceptors (Lipinski definition) is 7. The first kappa shape index (κ1) is 22.3. The Labute approximate surface area is 210 Å². The van der Waals surface area contributed by atoms with Crippen molar-refractivity contribution in [2.75, 3.05) is 0 Å². The highest BCUT2D eigenvalue weighted by Crippen LogP contribution is 2.58. The van der Waals surface area contributed by atoms with E-state index in [4.69, 9.17) is 16.3 Å². The third kappa shape index (κ3) is 2.64. The van der Waals surface area contributed by atoms with Crippen LogP contribution >= 0.6 is 11.6 Å². The molecule has 2 N–H and O–H groups in total. The zero-order valence-corrected chi connectivity index (χ0v) is 20.6. The highest BCUT2D eigenvalue weighted by molar-refractivity contribution is 6.31. The third-order valence-electron chi connectivity index (χ3n) is 7.15. The van der Waals surface area contributed by atoms with E-state index in [0.717, 1.165) is 5.39 Å². The van der Waals surface area contributed by atoms with E-state index in [1.165, 1.54) is 13.8 Å². The summed E-state index contributed by atoms with van der Waals surface area (Å²) >= 11 is 6.15. The van der Waals surface area contributed by atoms with E-state index >= 15 is 0 Å². The van der Waals surface area contributed by atoms with Crippen LogP contribution in [0.3, 0.4) is 0 Å². The molecule has 180 valence electrons. The number of ketones is 2. The molecule has 1 aliphatic heterocycles. The molecule has 1 unspecified atom stereocenters. The van der Waals surface area contributed by atoms with Crippen molar-refractivity contribution in [2.45, 2.75) is 33.1 Å². The Morgan fingerprint density at radius 3 is 2.64 bits per heavy atom. The molecule has 2 aromatic carbocycles. The van der Waals surface area contributed by atoms with Crippen molar-refractivity contribution < 1.29 is 24.5 Å². The monoisotopic (exact) mass is 501 g/mol. The van der Waals surface area contributed by atoms with Gasteiger partial charge in [0.15, 0.2) is 11.6 Å². The average molecular weight is 502 g/mol. The summed E-state index contributed by atoms with van der Waals surface area (Å²) in [6, 6.07) is 7.15. The van der Waals surface area contributed by atoms with Crippen LogP contribution in [0.25, 0.3) is 22.7 Å². The van der Waals surface area contributed by atoms with Crippen LogP contribution in [0.4, 0.5) is 0 Å². The van der Waals surface area contributed by atoms with Gasteiger partial charge in [-0.1, -0.05) is 11.6 Å². The largest absolute Gasteiger partial charge is 0.507 e. The molecule has 0 amide bonds. The van der Waals surface area contributed by atoms with Crippen molar-refractivity contribution in [2.24, 2.45) is 0 Å². The van der Waals surface area contributed by atoms with Crippen LogP contribution in [-0.2, 0) is 5.41 Å². The zero-order chi connectivity index (χ0) is 25.7. The van der Waals surface area contributed by atoms with Crippen molar-refractivity contribution in [3.05, 3.63) is 74.9 Å². The lowest BCUT2D eigenvalue weighted by molar-refractivity contribution is 0.0905. The molecule has 0 saturated carbocycles. The van der Waals surface area contributed by atoms with Crippen LogP contribution in [0.5, 0.6) is 17.2 Å². The number of fused-ring (bicyclic) bond motifs is 5. The van der Waals surface area contributed by atoms with Crippen LogP contribution in [0, 0.1) is 13.8 Å². The number of phenols is 2. The summed E-state index contributed by atoms with van der Waals surface area (Å²) in [5.41, 5.74) is 1.57. The number of rotatable bonds is 2. The van der Waals surface area contributed by atoms with E-state index in [1.807, 2.05) is 6.07 Å². The Hall–Kier alpha value is -4.17. The van der Waals surface area contributed by atoms with Gasteiger partial charge in [0.2, 0.25) is 0 Å². The van der Waals surface area contributed by atoms with Gasteiger partial charge in [-0.05, 0) is 52.0 Å². The summed E-state index contributed by atoms with van der Waals surface area (Å²) in [5.74, 6) is -1.18. The summed E-state index contributed by atoms with van der Waals surface area (Å²) in [5, 5.41) is 27.6. The number of aryl methyl sites for hydroxylation is 1. The molecule has 0 bridgehead atoms. The molecule has 9 heteroatoms. The first-order valence-electron chi connectivity index (χ1n) is 11.2. The highest BCUT2D eigenvalue weighted by atomic mass is 35.5. The van der Waals surface area contributed by atoms with Gasteiger partial charge in [-0.3, -0.25) is 14.6 Å². The third-order valence-corrected chi connectivity index (χ3v) is 7.39. The molecule has 3 heterocycles. The smallest absolute Gasteiger partial charge is 0.185 e. The fraction of sp³-hybridized carbons (Fsp3) is 0.185. The van der Waals surface area contributed by atoms with E-state index in [-0.39, 0.29) is 45.5 Å². The van der Waals surface area contributed by atoms with Gasteiger partial charge in [-0.2, -0.15) is 5.10 Å². The number of Topliss-reactive ketones (excluding diaryl/α,β-unsaturated/α-hetero) is 2. The van der Waals surface area contributed by atoms with Crippen molar-refractivity contribution in [3.63, 3.8) is 0 Å². The lowest BCUT2D eigenvalue weighted by atomic mass is 9.71. The maximum Gasteiger partial charge on any atom is 0.185 e. The van der Waals surface area contributed by atoms with Crippen LogP contribution in [0.15, 0.2) is 36.2 Å². The molecule has 4 aromatic rings. The minimum atomic E-state index is -1.40. The number of hydrogen-bond donors (Lipinski definition) is 2. The van der Waals surface area contributed by atoms with Crippen LogP contribution in [-0.4, -0.2) is 36.5 Å². The van der Waals surface area contributed by atoms with E-state index in [9.17, 15) is 19.8 Å². The van der Waals surface area contributed by atoms with Gasteiger partial charge in [-0.15, -0.1) is 0 Å². The fourth-order valence-corrected chi connectivity index (χ4v) is 5.43. The Balaban J connectivity index is 1.64. The number of allylic oxidation sites excluding steroid dienone is 1. The van der Waals surface area contributed by atoms with Crippen molar-refractivity contribution in [1.29, 1.82) is 0 Å². The van der Waals surface area contributed by atoms with E-state index < -0.39 is 11.2 Å². The molecule has 0 fully saturated rings. The van der Waals surface area contributed by atoms with Crippen molar-refractivity contribution in [1.82, 2.24) is 14.8 Å². The number of ether oxygens (including phenoxy) is 1. The maximum absolute atomic E-state index is 14.1. The van der Waals surface area contributed by atoms with E-state index in [2.05, 4.69) is 10.1 Å². The molecule has 1 atom stereocenters. The minimum Gasteiger partial charge on any atom is -0.507 e. The second-order valence-electron chi connectivity index (χ2n) is 9.27. The molecular weight excluding hydrogens is 482 g/mol. The molecule has 36 heavy (non-hydrogen) atoms. The van der Waals surface area contributed by atoms with Gasteiger partial charge in [0.05, 0.1) is 33.7 Å². The standard InChI is InChI=1S/C27H20ClN3O5/c1-11-23(33)21(13(3)32)25-22(24(11)34)27(4)19(36-25)10-18-20(26(27)35)12(2)30-31(18)17-7-8-29-16-9-14(28)5-6-15(16)17/h5-10,33-34H,1-4H3. The summed E-state index contributed by atoms with van der Waals surface area (Å²) in [6.45, 7) is 6.19. The second-order valence-corrected chi connectivity index (χ2v) is 9.71. The van der Waals surface area contributed by atoms with E-state index in [0.29, 0.717) is 33.2 Å². The van der Waals surface area contributed by atoms with Crippen molar-refractivity contribution >= 4 is 40.1 Å². The number of nitrogens with zero attached hydrogens (tertiary/aromatic N) is 3. The fourth-order valence-electron chi connectivity index (χ4n) is 5.26. The quantitative estimate of drug-likeness (QED) is 0.363. The highest BCUT2D eigenvalue weighted by Gasteiger charge is 2.55. The number of carbonyl (C=O) groups excluding carboxylic acids is 2. The summed E-state index contributed by atoms with van der Waals surface area (Å²) in [7, 11) is 0. The topological polar surface area (TPSA) is 115 Å². The molecule has 0 saturated heterocycles. The molecule has 8 nitrogen and oxygen atoms in total. The zero-order valence-electron chi connectivity index (χ0n) is 19.8. The lowest BCUT2D eigenvalue weighted by Crippen LogP contribution is -2.36. The van der Waals surface area contributed by atoms with E-state index in [1.54, 1.807) is 49.0 Å². The summed E-state index contributed by atoms with van der Waals surface area (Å²) in [6.07, 6.45) is 3.35. The molecule has 6 rings (SSSR count). The summed E-state index contributed by atoms with van der Waals surface area (Å²) < 4.78 is 7.74. The normalized spacial score (nSPS) is 17.9. The SMILES string of the molecule is CC(=O)c1c(O)c(C)c(O)c2c1OC1=Cc3c(c(C)nn3-c3ccnc4cc(Cl)ccc34)C(=O)C12C. The number of phenolic OH excluding ortho intramolecular Hbond substituents is 2. The van der Waals surface area contributed by atoms with Crippen LogP contribution < -0.4 is 4.74 Å². The molecule has 0 spiro atoms. The Morgan fingerprint density at radius 2 is 1.92 bits per heavy atom. The predicted octanol–water partition coefficient (Wildman–Crippen LogP) is 5.19. The number of halogens is 1. The molecule has 2 aromatic heterocycles. The Bertz CT molecular complexity index is 1740. The lowest BCUT2D eigenvalue weighted by Gasteiger charge is -2.27. The van der Waals surface area contributed by atoms with Gasteiger partial charge in [-0.25, -0.2) is 4.68 Å². The van der Waals surface area contributed by atoms with Gasteiger partial charge in [0.25, 0.3) is 0 Å². The Morgan fingerprint density at radius 1 is 1.17 bits per heavy atom. The summed E-state index contributed by atoms with van der Waals surface area (Å²) in [4.78, 5) is 30.9. The second kappa shape index (κ2) is 7.18. The van der Waals surface area contributed by atoms with Crippen molar-refractivity contribution in [3.8, 4) is 22.9 Å². The van der Waals surface area contributed by atoms with Crippen LogP contribution in [0.1, 0.15) is 57.1 Å². The molecule has 1 aliphatic carbocycles. The number of aromatic nitrogens is 3. The average Bonchev–Trinajstić information content (AvgIpc) is 3.31. The van der Waals surface area contributed by atoms with Gasteiger partial charge < -0.3 is 14.9 Å². The number of benzene rings is 2. The van der Waals surface area contributed by atoms with Gasteiger partial charge >= 0.3 is 0 Å².